The molecule has 1 amide bonds. The van der Waals surface area contributed by atoms with Gasteiger partial charge in [0.05, 0.1) is 26.4 Å². The van der Waals surface area contributed by atoms with E-state index >= 15 is 0 Å². The highest BCUT2D eigenvalue weighted by atomic mass is 79.9. The van der Waals surface area contributed by atoms with Gasteiger partial charge in [0.1, 0.15) is 6.29 Å². The molecule has 5 aromatic carbocycles. The second-order valence-corrected chi connectivity index (χ2v) is 20.2. The number of aryl methyl sites for hydroxylation is 3. The summed E-state index contributed by atoms with van der Waals surface area (Å²) in [6.45, 7) is 52.8. The summed E-state index contributed by atoms with van der Waals surface area (Å²) in [6.07, 6.45) is 7.56. The van der Waals surface area contributed by atoms with Crippen molar-refractivity contribution in [2.24, 2.45) is 0 Å². The van der Waals surface area contributed by atoms with Crippen LogP contribution in [0, 0.1) is 26.0 Å². The van der Waals surface area contributed by atoms with Crippen LogP contribution in [0.15, 0.2) is 132 Å². The monoisotopic (exact) mass is 1490 g/mol. The highest BCUT2D eigenvalue weighted by molar-refractivity contribution is 9.10. The van der Waals surface area contributed by atoms with Gasteiger partial charge in [-0.15, -0.1) is 0 Å². The number of hydrogen-bond acceptors (Lipinski definition) is 7. The van der Waals surface area contributed by atoms with Gasteiger partial charge in [0.25, 0.3) is 23.7 Å². The fourth-order valence-electron chi connectivity index (χ4n) is 6.19. The normalized spacial score (nSPS) is 10.9. The number of alkyl halides is 6. The van der Waals surface area contributed by atoms with Crippen LogP contribution < -0.4 is 4.72 Å². The van der Waals surface area contributed by atoms with Crippen LogP contribution in [-0.4, -0.2) is 63.7 Å². The molecule has 96 heavy (non-hydrogen) atoms. The Morgan fingerprint density at radius 1 is 0.500 bits per heavy atom. The number of Topliss-reactive ketones (excluding diaryl/α,β-unsaturated/α-hetero) is 1. The van der Waals surface area contributed by atoms with E-state index < -0.39 is 45.3 Å². The molecule has 1 fully saturated rings. The minimum Gasteiger partial charge on any atom is -0.633 e. The lowest BCUT2D eigenvalue weighted by Gasteiger charge is -2.41. The number of ketones is 1. The standard InChI is InChI=1S/C12H13F2NO3S.C9H8F2O.C9H10F2.C9H10O.C7H7Br.C6H13NO.C2H4O.10C2H6.F4S/c1-12(13,14)10-6-4-3-5-9(10)7-8-11(16)15-19(2,17)18;1-9(10,11)8-5-3-2-4-7(8)6-12;1-7-5-3-4-6-8(7)9(2,10)11;1-7-5-3-4-6-9(7)8(2)10;1-6-4-2-3-5-7(6)8;1-7(8)5-3-2-4-6-7;1-2-3;10*1-2;1-5(2,3)4/h3-8H,1-2H3,(H,15,16);2-6H,1H3;3-6H,1-2H3;3-6H,1-2H3;2-5H,1H3;2-6H2,1H3;2H,1H3;10*1-2H3;/b8-7+;;;;;;;;;;;;;;;;;. The number of quaternary nitrogens is 1. The zero-order chi connectivity index (χ0) is 79.1. The molecule has 1 aliphatic heterocycles. The zero-order valence-corrected chi connectivity index (χ0v) is 66.9. The average Bonchev–Trinajstić information content (AvgIpc) is 0.936. The minimum absolute atomic E-state index is 0. The molecule has 0 saturated carbocycles. The third-order valence-corrected chi connectivity index (χ3v) is 11.1. The van der Waals surface area contributed by atoms with Gasteiger partial charge < -0.3 is 14.6 Å². The van der Waals surface area contributed by atoms with Gasteiger partial charge in [-0.2, -0.15) is 0 Å². The van der Waals surface area contributed by atoms with Crippen LogP contribution in [0.1, 0.15) is 252 Å². The number of carbonyl (C=O) groups is 4. The summed E-state index contributed by atoms with van der Waals surface area (Å²) in [5, 5.41) is 11.1. The number of rotatable bonds is 8. The van der Waals surface area contributed by atoms with Gasteiger partial charge in [0, 0.05) is 59.1 Å². The molecule has 6 rings (SSSR count). The smallest absolute Gasteiger partial charge is 0.379 e. The molecule has 0 aromatic heterocycles. The number of hydroxylamine groups is 3. The molecule has 562 valence electrons. The van der Waals surface area contributed by atoms with E-state index in [1.165, 1.54) is 65.8 Å². The maximum absolute atomic E-state index is 13.3. The van der Waals surface area contributed by atoms with E-state index in [9.17, 15) is 69.9 Å². The highest BCUT2D eigenvalue weighted by Crippen LogP contribution is 2.54. The summed E-state index contributed by atoms with van der Waals surface area (Å²) in [6, 6.07) is 33.6. The quantitative estimate of drug-likeness (QED) is 0.0408. The Balaban J connectivity index is -0.0000000831. The number of nitrogens with one attached hydrogen (secondary N) is 1. The second kappa shape index (κ2) is 75.1. The van der Waals surface area contributed by atoms with E-state index in [-0.39, 0.29) is 38.2 Å². The van der Waals surface area contributed by atoms with Crippen molar-refractivity contribution in [3.63, 3.8) is 0 Å². The van der Waals surface area contributed by atoms with Crippen LogP contribution in [0.2, 0.25) is 0 Å². The Kier molecular flexibility index (Phi) is 91.9. The van der Waals surface area contributed by atoms with Crippen molar-refractivity contribution >= 4 is 67.9 Å². The van der Waals surface area contributed by atoms with E-state index in [1.807, 2.05) is 188 Å². The number of sulfonamides is 1. The fourth-order valence-corrected chi connectivity index (χ4v) is 6.91. The zero-order valence-electron chi connectivity index (χ0n) is 63.7. The van der Waals surface area contributed by atoms with E-state index in [0.717, 1.165) is 82.5 Å². The first-order valence-electron chi connectivity index (χ1n) is 32.7. The van der Waals surface area contributed by atoms with Gasteiger partial charge in [-0.05, 0) is 88.3 Å². The van der Waals surface area contributed by atoms with Crippen LogP contribution in [0.5, 0.6) is 0 Å². The van der Waals surface area contributed by atoms with Crippen LogP contribution in [0.3, 0.4) is 0 Å². The number of benzene rings is 5. The predicted molar refractivity (Wildman–Crippen MR) is 401 cm³/mol. The Hall–Kier alpha value is -5.68. The predicted octanol–water partition coefficient (Wildman–Crippen LogP) is 26.5. The van der Waals surface area contributed by atoms with Crippen molar-refractivity contribution in [3.05, 3.63) is 187 Å². The largest absolute Gasteiger partial charge is 0.633 e. The van der Waals surface area contributed by atoms with Crippen molar-refractivity contribution in [1.29, 1.82) is 0 Å². The van der Waals surface area contributed by atoms with Crippen LogP contribution >= 0.6 is 27.5 Å². The molecule has 1 heterocycles. The maximum atomic E-state index is 13.3. The highest BCUT2D eigenvalue weighted by Gasteiger charge is 2.28. The number of nitrogens with zero attached hydrogens (tertiary/aromatic N) is 1. The van der Waals surface area contributed by atoms with Crippen LogP contribution in [0.4, 0.5) is 41.9 Å². The number of likely N-dealkylation sites (tertiary alicyclic amines) is 1. The van der Waals surface area contributed by atoms with Crippen LogP contribution in [-0.2, 0) is 37.4 Å². The summed E-state index contributed by atoms with van der Waals surface area (Å²) >= 11 is -2.77. The number of piperidine rings is 1. The third kappa shape index (κ3) is 77.3. The summed E-state index contributed by atoms with van der Waals surface area (Å²) in [5.41, 5.74) is 3.65. The number of aldehydes is 2. The van der Waals surface area contributed by atoms with Gasteiger partial charge in [-0.1, -0.05) is 285 Å². The van der Waals surface area contributed by atoms with E-state index in [0.29, 0.717) is 11.8 Å². The van der Waals surface area contributed by atoms with Gasteiger partial charge in [-0.3, -0.25) is 14.4 Å². The van der Waals surface area contributed by atoms with Crippen molar-refractivity contribution in [1.82, 2.24) is 4.72 Å². The molecular weight excluding hydrogens is 1360 g/mol. The molecule has 22 heteroatoms. The molecule has 0 bridgehead atoms. The van der Waals surface area contributed by atoms with Crippen molar-refractivity contribution in [2.45, 2.75) is 231 Å². The first-order chi connectivity index (χ1) is 44.8. The first kappa shape index (κ1) is 117. The van der Waals surface area contributed by atoms with Crippen molar-refractivity contribution < 1.29 is 74.1 Å². The number of hydrogen-bond donors (Lipinski definition) is 1. The lowest BCUT2D eigenvalue weighted by atomic mass is 10.0. The molecule has 0 atom stereocenters. The van der Waals surface area contributed by atoms with E-state index in [1.54, 1.807) is 55.9 Å². The molecule has 1 saturated heterocycles. The van der Waals surface area contributed by atoms with Gasteiger partial charge in [0.2, 0.25) is 10.0 Å². The summed E-state index contributed by atoms with van der Waals surface area (Å²) in [7, 11) is -1.90. The molecule has 0 aliphatic carbocycles. The lowest BCUT2D eigenvalue weighted by molar-refractivity contribution is -0.865. The Morgan fingerprint density at radius 2 is 0.781 bits per heavy atom. The second-order valence-electron chi connectivity index (χ2n) is 16.9. The Morgan fingerprint density at radius 3 is 1.01 bits per heavy atom. The molecule has 9 nitrogen and oxygen atoms in total. The van der Waals surface area contributed by atoms with Gasteiger partial charge >= 0.3 is 11.6 Å². The van der Waals surface area contributed by atoms with Crippen molar-refractivity contribution in [2.75, 3.05) is 26.4 Å². The molecule has 0 unspecified atom stereocenters. The van der Waals surface area contributed by atoms with Crippen molar-refractivity contribution in [3.8, 4) is 0 Å². The molecule has 5 aromatic rings. The minimum atomic E-state index is -6.17. The number of carbonyl (C=O) groups excluding carboxylic acids is 4. The van der Waals surface area contributed by atoms with E-state index in [4.69, 9.17) is 4.79 Å². The average molecular weight is 1490 g/mol. The third-order valence-electron chi connectivity index (χ3n) is 9.68. The van der Waals surface area contributed by atoms with Gasteiger partial charge in [-0.25, -0.2) is 39.5 Å². The molecule has 0 radical (unpaired) electrons. The summed E-state index contributed by atoms with van der Waals surface area (Å²) < 4.78 is 141. The maximum Gasteiger partial charge on any atom is 0.379 e. The summed E-state index contributed by atoms with van der Waals surface area (Å²) in [4.78, 5) is 41.2. The fraction of sp³-hybridized carbons (Fsp3) is 0.514. The number of halogens is 11. The Bertz CT molecular complexity index is 2660. The Labute approximate surface area is 588 Å². The first-order valence-corrected chi connectivity index (χ1v) is 36.6. The SMILES string of the molecule is CC.CC.CC.CC.CC.CC.CC.CC.CC.CC.CC(=O)c1ccccc1C.CC(F)(F)c1ccccc1/C=C/C(=O)NS(C)(=O)=O.CC(F)(F)c1ccccc1C=O.CC=O.C[N+]1([O-])CCCCC1.Cc1ccccc1Br.Cc1ccccc1C(C)(F)F.FS(F)(F)F. The lowest BCUT2D eigenvalue weighted by Crippen LogP contribution is -2.41. The molecule has 1 N–H and O–H groups in total. The summed E-state index contributed by atoms with van der Waals surface area (Å²) in [5.74, 6) is -9.47. The molecule has 0 spiro atoms. The molecule has 1 aliphatic rings. The number of amides is 1. The van der Waals surface area contributed by atoms with Crippen LogP contribution in [0.25, 0.3) is 6.08 Å². The van der Waals surface area contributed by atoms with E-state index in [2.05, 4.69) is 28.9 Å². The molecular formula is C74H125BrF10N2O7S2. The topological polar surface area (TPSA) is 138 Å². The van der Waals surface area contributed by atoms with Gasteiger partial charge in [0.15, 0.2) is 12.1 Å².